The van der Waals surface area contributed by atoms with Gasteiger partial charge in [0.1, 0.15) is 0 Å². The molecule has 2 heteroatoms. The number of halogens is 1. The van der Waals surface area contributed by atoms with E-state index in [0.29, 0.717) is 5.41 Å². The zero-order valence-electron chi connectivity index (χ0n) is 6.35. The van der Waals surface area contributed by atoms with Crippen LogP contribution in [0.5, 0.6) is 0 Å². The predicted octanol–water partition coefficient (Wildman–Crippen LogP) is 3.00. The zero-order valence-corrected chi connectivity index (χ0v) is 7.93. The molecule has 0 atom stereocenters. The molecule has 1 heterocycles. The fourth-order valence-corrected chi connectivity index (χ4v) is 2.12. The van der Waals surface area contributed by atoms with Crippen LogP contribution in [0.1, 0.15) is 18.4 Å². The second kappa shape index (κ2) is 2.67. The number of rotatable bonds is 3. The van der Waals surface area contributed by atoms with E-state index in [1.54, 1.807) is 6.26 Å². The zero-order chi connectivity index (χ0) is 7.73. The first-order chi connectivity index (χ1) is 5.35. The highest BCUT2D eigenvalue weighted by Gasteiger charge is 2.41. The summed E-state index contributed by atoms with van der Waals surface area (Å²) in [7, 11) is 0. The molecule has 0 saturated heterocycles. The first-order valence-corrected chi connectivity index (χ1v) is 5.04. The molecule has 1 fully saturated rings. The van der Waals surface area contributed by atoms with Gasteiger partial charge in [-0.3, -0.25) is 0 Å². The van der Waals surface area contributed by atoms with E-state index in [0.717, 1.165) is 5.33 Å². The molecule has 1 aromatic heterocycles. The average Bonchev–Trinajstić information content (AvgIpc) is 2.59. The Labute approximate surface area is 74.9 Å². The smallest absolute Gasteiger partial charge is 0.0934 e. The Morgan fingerprint density at radius 1 is 1.55 bits per heavy atom. The van der Waals surface area contributed by atoms with Crippen molar-refractivity contribution >= 4 is 15.9 Å². The standard InChI is InChI=1S/C9H11BrO/c10-7-9(2-3-9)5-8-1-4-11-6-8/h1,4,6H,2-3,5,7H2. The van der Waals surface area contributed by atoms with E-state index in [-0.39, 0.29) is 0 Å². The lowest BCUT2D eigenvalue weighted by Gasteiger charge is -2.07. The van der Waals surface area contributed by atoms with E-state index in [1.807, 2.05) is 6.26 Å². The van der Waals surface area contributed by atoms with Crippen LogP contribution in [0.4, 0.5) is 0 Å². The van der Waals surface area contributed by atoms with E-state index in [2.05, 4.69) is 22.0 Å². The predicted molar refractivity (Wildman–Crippen MR) is 47.9 cm³/mol. The topological polar surface area (TPSA) is 13.1 Å². The van der Waals surface area contributed by atoms with Gasteiger partial charge in [0, 0.05) is 5.33 Å². The lowest BCUT2D eigenvalue weighted by Crippen LogP contribution is -2.04. The van der Waals surface area contributed by atoms with E-state index in [1.165, 1.54) is 24.8 Å². The van der Waals surface area contributed by atoms with Crippen molar-refractivity contribution in [1.82, 2.24) is 0 Å². The van der Waals surface area contributed by atoms with Gasteiger partial charge < -0.3 is 4.42 Å². The summed E-state index contributed by atoms with van der Waals surface area (Å²) in [5, 5.41) is 1.13. The maximum Gasteiger partial charge on any atom is 0.0934 e. The Morgan fingerprint density at radius 2 is 2.36 bits per heavy atom. The second-order valence-electron chi connectivity index (χ2n) is 3.44. The van der Waals surface area contributed by atoms with Crippen LogP contribution in [0.2, 0.25) is 0 Å². The minimum atomic E-state index is 0.573. The quantitative estimate of drug-likeness (QED) is 0.706. The third-order valence-electron chi connectivity index (χ3n) is 2.40. The summed E-state index contributed by atoms with van der Waals surface area (Å²) >= 11 is 3.55. The molecular weight excluding hydrogens is 204 g/mol. The summed E-state index contributed by atoms with van der Waals surface area (Å²) in [4.78, 5) is 0. The highest BCUT2D eigenvalue weighted by molar-refractivity contribution is 9.09. The largest absolute Gasteiger partial charge is 0.472 e. The first kappa shape index (κ1) is 7.41. The Kier molecular flexibility index (Phi) is 1.80. The molecule has 1 aliphatic rings. The summed E-state index contributed by atoms with van der Waals surface area (Å²) < 4.78 is 5.02. The van der Waals surface area contributed by atoms with Crippen LogP contribution < -0.4 is 0 Å². The second-order valence-corrected chi connectivity index (χ2v) is 4.00. The molecule has 2 rings (SSSR count). The Hall–Kier alpha value is -0.240. The van der Waals surface area contributed by atoms with Gasteiger partial charge in [0.15, 0.2) is 0 Å². The van der Waals surface area contributed by atoms with Crippen molar-refractivity contribution in [3.8, 4) is 0 Å². The fourth-order valence-electron chi connectivity index (χ4n) is 1.36. The summed E-state index contributed by atoms with van der Waals surface area (Å²) in [5.41, 5.74) is 1.91. The minimum Gasteiger partial charge on any atom is -0.472 e. The molecule has 0 radical (unpaired) electrons. The number of hydrogen-bond donors (Lipinski definition) is 0. The van der Waals surface area contributed by atoms with Gasteiger partial charge in [-0.05, 0) is 36.3 Å². The van der Waals surface area contributed by atoms with Gasteiger partial charge in [0.05, 0.1) is 12.5 Å². The van der Waals surface area contributed by atoms with Crippen molar-refractivity contribution in [1.29, 1.82) is 0 Å². The molecule has 0 spiro atoms. The molecule has 0 amide bonds. The van der Waals surface area contributed by atoms with Gasteiger partial charge in [0.2, 0.25) is 0 Å². The van der Waals surface area contributed by atoms with Gasteiger partial charge in [-0.1, -0.05) is 15.9 Å². The molecule has 0 aromatic carbocycles. The summed E-state index contributed by atoms with van der Waals surface area (Å²) in [6.45, 7) is 0. The van der Waals surface area contributed by atoms with Crippen LogP contribution in [0.25, 0.3) is 0 Å². The van der Waals surface area contributed by atoms with Crippen molar-refractivity contribution in [3.63, 3.8) is 0 Å². The summed E-state index contributed by atoms with van der Waals surface area (Å²) in [6.07, 6.45) is 7.50. The molecule has 1 nitrogen and oxygen atoms in total. The number of hydrogen-bond acceptors (Lipinski definition) is 1. The van der Waals surface area contributed by atoms with Crippen LogP contribution in [0.15, 0.2) is 23.0 Å². The molecule has 60 valence electrons. The monoisotopic (exact) mass is 214 g/mol. The molecule has 0 bridgehead atoms. The SMILES string of the molecule is BrCC1(Cc2ccoc2)CC1. The van der Waals surface area contributed by atoms with Gasteiger partial charge in [-0.15, -0.1) is 0 Å². The average molecular weight is 215 g/mol. The van der Waals surface area contributed by atoms with Crippen LogP contribution >= 0.6 is 15.9 Å². The highest BCUT2D eigenvalue weighted by atomic mass is 79.9. The van der Waals surface area contributed by atoms with Crippen molar-refractivity contribution in [2.75, 3.05) is 5.33 Å². The van der Waals surface area contributed by atoms with E-state index in [4.69, 9.17) is 4.42 Å². The molecule has 0 unspecified atom stereocenters. The lowest BCUT2D eigenvalue weighted by molar-refractivity contribution is 0.547. The maximum absolute atomic E-state index is 5.02. The normalized spacial score (nSPS) is 20.1. The fraction of sp³-hybridized carbons (Fsp3) is 0.556. The molecule has 11 heavy (non-hydrogen) atoms. The molecule has 0 N–H and O–H groups in total. The maximum atomic E-state index is 5.02. The Morgan fingerprint density at radius 3 is 2.82 bits per heavy atom. The summed E-state index contributed by atoms with van der Waals surface area (Å²) in [5.74, 6) is 0. The van der Waals surface area contributed by atoms with Gasteiger partial charge in [0.25, 0.3) is 0 Å². The van der Waals surface area contributed by atoms with Crippen molar-refractivity contribution in [2.24, 2.45) is 5.41 Å². The van der Waals surface area contributed by atoms with E-state index in [9.17, 15) is 0 Å². The third kappa shape index (κ3) is 1.51. The molecule has 1 saturated carbocycles. The third-order valence-corrected chi connectivity index (χ3v) is 3.59. The lowest BCUT2D eigenvalue weighted by atomic mass is 10.0. The van der Waals surface area contributed by atoms with Crippen molar-refractivity contribution < 1.29 is 4.42 Å². The number of furan rings is 1. The number of alkyl halides is 1. The Balaban J connectivity index is 2.01. The van der Waals surface area contributed by atoms with E-state index >= 15 is 0 Å². The minimum absolute atomic E-state index is 0.573. The molecule has 1 aromatic rings. The van der Waals surface area contributed by atoms with Crippen LogP contribution in [0.3, 0.4) is 0 Å². The first-order valence-electron chi connectivity index (χ1n) is 3.92. The molecule has 0 aliphatic heterocycles. The molecular formula is C9H11BrO. The Bertz CT molecular complexity index is 224. The van der Waals surface area contributed by atoms with Gasteiger partial charge in [-0.2, -0.15) is 0 Å². The van der Waals surface area contributed by atoms with Crippen LogP contribution in [0, 0.1) is 5.41 Å². The summed E-state index contributed by atoms with van der Waals surface area (Å²) in [6, 6.07) is 2.06. The molecule has 1 aliphatic carbocycles. The van der Waals surface area contributed by atoms with Gasteiger partial charge >= 0.3 is 0 Å². The van der Waals surface area contributed by atoms with Crippen LogP contribution in [-0.4, -0.2) is 5.33 Å². The van der Waals surface area contributed by atoms with E-state index < -0.39 is 0 Å². The van der Waals surface area contributed by atoms with Crippen molar-refractivity contribution in [2.45, 2.75) is 19.3 Å². The highest BCUT2D eigenvalue weighted by Crippen LogP contribution is 2.49. The van der Waals surface area contributed by atoms with Crippen LogP contribution in [-0.2, 0) is 6.42 Å². The van der Waals surface area contributed by atoms with Gasteiger partial charge in [-0.25, -0.2) is 0 Å². The van der Waals surface area contributed by atoms with Crippen molar-refractivity contribution in [3.05, 3.63) is 24.2 Å².